The molecule has 0 radical (unpaired) electrons. The van der Waals surface area contributed by atoms with E-state index in [2.05, 4.69) is 26.1 Å². The summed E-state index contributed by atoms with van der Waals surface area (Å²) in [6, 6.07) is 0.372. The zero-order valence-corrected chi connectivity index (χ0v) is 11.4. The summed E-state index contributed by atoms with van der Waals surface area (Å²) in [6.07, 6.45) is 4.77. The molecule has 0 aromatic rings. The normalized spacial score (nSPS) is 52.9. The Labute approximate surface area is 105 Å². The standard InChI is InChI=1S/C15H27NO/c1-9-7-10(12-8-11(9)15(12,2)3)14-13(17)5-4-6-16-14/h9-14,16-17H,4-8H2,1-3H3/t9-,10?,11-,12+,13?,14?/m1/s1. The van der Waals surface area contributed by atoms with Crippen LogP contribution in [0.15, 0.2) is 0 Å². The summed E-state index contributed by atoms with van der Waals surface area (Å²) < 4.78 is 0. The highest BCUT2D eigenvalue weighted by Crippen LogP contribution is 2.64. The lowest BCUT2D eigenvalue weighted by atomic mass is 9.41. The average molecular weight is 237 g/mol. The summed E-state index contributed by atoms with van der Waals surface area (Å²) in [5.41, 5.74) is 0.515. The third-order valence-corrected chi connectivity index (χ3v) is 6.20. The van der Waals surface area contributed by atoms with E-state index in [0.717, 1.165) is 37.1 Å². The summed E-state index contributed by atoms with van der Waals surface area (Å²) in [6.45, 7) is 8.42. The highest BCUT2D eigenvalue weighted by molar-refractivity contribution is 5.09. The van der Waals surface area contributed by atoms with Gasteiger partial charge < -0.3 is 10.4 Å². The molecule has 17 heavy (non-hydrogen) atoms. The van der Waals surface area contributed by atoms with E-state index in [1.165, 1.54) is 12.8 Å². The molecule has 3 aliphatic carbocycles. The number of piperidine rings is 1. The second-order valence-electron chi connectivity index (χ2n) is 7.34. The molecule has 4 aliphatic rings. The van der Waals surface area contributed by atoms with Crippen LogP contribution in [-0.4, -0.2) is 23.8 Å². The monoisotopic (exact) mass is 237 g/mol. The largest absolute Gasteiger partial charge is 0.391 e. The SMILES string of the molecule is C[C@@H]1CC(C2NCCCC2O)[C@@H]2C[C@H]1C2(C)C. The van der Waals surface area contributed by atoms with E-state index < -0.39 is 0 Å². The third-order valence-electron chi connectivity index (χ3n) is 6.20. The second kappa shape index (κ2) is 3.96. The van der Waals surface area contributed by atoms with Crippen molar-refractivity contribution in [3.63, 3.8) is 0 Å². The zero-order chi connectivity index (χ0) is 12.2. The maximum atomic E-state index is 10.3. The van der Waals surface area contributed by atoms with E-state index in [0.29, 0.717) is 17.4 Å². The summed E-state index contributed by atoms with van der Waals surface area (Å²) in [7, 11) is 0. The van der Waals surface area contributed by atoms with Gasteiger partial charge in [-0.1, -0.05) is 20.8 Å². The van der Waals surface area contributed by atoms with Gasteiger partial charge in [0, 0.05) is 6.04 Å². The van der Waals surface area contributed by atoms with Gasteiger partial charge in [-0.15, -0.1) is 0 Å². The van der Waals surface area contributed by atoms with Crippen LogP contribution in [0.1, 0.15) is 46.5 Å². The fourth-order valence-corrected chi connectivity index (χ4v) is 5.17. The van der Waals surface area contributed by atoms with Crippen molar-refractivity contribution in [1.82, 2.24) is 5.32 Å². The number of hydrogen-bond donors (Lipinski definition) is 2. The van der Waals surface area contributed by atoms with Crippen LogP contribution < -0.4 is 5.32 Å². The first-order valence-electron chi connectivity index (χ1n) is 7.43. The minimum Gasteiger partial charge on any atom is -0.391 e. The molecular formula is C15H27NO. The fourth-order valence-electron chi connectivity index (χ4n) is 5.17. The van der Waals surface area contributed by atoms with Gasteiger partial charge in [0.05, 0.1) is 6.10 Å². The maximum Gasteiger partial charge on any atom is 0.0696 e. The Bertz CT molecular complexity index is 301. The van der Waals surface area contributed by atoms with Crippen molar-refractivity contribution < 1.29 is 5.11 Å². The van der Waals surface area contributed by atoms with Crippen molar-refractivity contribution in [2.45, 2.75) is 58.6 Å². The van der Waals surface area contributed by atoms with Gasteiger partial charge in [-0.3, -0.25) is 0 Å². The van der Waals surface area contributed by atoms with Gasteiger partial charge in [0.1, 0.15) is 0 Å². The van der Waals surface area contributed by atoms with Crippen LogP contribution in [0.2, 0.25) is 0 Å². The molecule has 98 valence electrons. The molecule has 2 N–H and O–H groups in total. The van der Waals surface area contributed by atoms with Crippen molar-refractivity contribution in [2.75, 3.05) is 6.54 Å². The number of fused-ring (bicyclic) bond motifs is 2. The Balaban J connectivity index is 1.78. The lowest BCUT2D eigenvalue weighted by Gasteiger charge is -2.64. The first kappa shape index (κ1) is 12.0. The summed E-state index contributed by atoms with van der Waals surface area (Å²) in [5.74, 6) is 3.33. The lowest BCUT2D eigenvalue weighted by Crippen LogP contribution is -2.63. The van der Waals surface area contributed by atoms with Crippen LogP contribution in [0.3, 0.4) is 0 Å². The molecule has 1 aliphatic heterocycles. The molecule has 3 unspecified atom stereocenters. The van der Waals surface area contributed by atoms with Crippen LogP contribution in [0.5, 0.6) is 0 Å². The van der Waals surface area contributed by atoms with Crippen molar-refractivity contribution in [1.29, 1.82) is 0 Å². The molecule has 3 saturated carbocycles. The van der Waals surface area contributed by atoms with Crippen molar-refractivity contribution in [3.05, 3.63) is 0 Å². The molecule has 4 fully saturated rings. The van der Waals surface area contributed by atoms with Gasteiger partial charge in [0.2, 0.25) is 0 Å². The van der Waals surface area contributed by atoms with E-state index in [9.17, 15) is 5.11 Å². The van der Waals surface area contributed by atoms with Crippen molar-refractivity contribution in [3.8, 4) is 0 Å². The Hall–Kier alpha value is -0.0800. The molecule has 2 nitrogen and oxygen atoms in total. The number of aliphatic hydroxyl groups is 1. The Morgan fingerprint density at radius 2 is 1.94 bits per heavy atom. The molecule has 2 bridgehead atoms. The lowest BCUT2D eigenvalue weighted by molar-refractivity contribution is -0.156. The quantitative estimate of drug-likeness (QED) is 0.734. The van der Waals surface area contributed by atoms with E-state index in [4.69, 9.17) is 0 Å². The Morgan fingerprint density at radius 3 is 2.53 bits per heavy atom. The van der Waals surface area contributed by atoms with Gasteiger partial charge in [-0.05, 0) is 61.3 Å². The summed E-state index contributed by atoms with van der Waals surface area (Å²) in [4.78, 5) is 0. The molecule has 1 saturated heterocycles. The molecule has 4 rings (SSSR count). The van der Waals surface area contributed by atoms with E-state index in [1.807, 2.05) is 0 Å². The number of aliphatic hydroxyl groups excluding tert-OH is 1. The Kier molecular flexibility index (Phi) is 2.79. The predicted octanol–water partition coefficient (Wildman–Crippen LogP) is 2.42. The molecule has 0 aromatic carbocycles. The van der Waals surface area contributed by atoms with Crippen molar-refractivity contribution in [2.24, 2.45) is 29.1 Å². The average Bonchev–Trinajstić information content (AvgIpc) is 2.28. The molecule has 0 amide bonds. The molecule has 0 aromatic heterocycles. The Morgan fingerprint density at radius 1 is 1.18 bits per heavy atom. The summed E-state index contributed by atoms with van der Waals surface area (Å²) >= 11 is 0. The second-order valence-corrected chi connectivity index (χ2v) is 7.34. The third kappa shape index (κ3) is 1.67. The van der Waals surface area contributed by atoms with Gasteiger partial charge in [-0.2, -0.15) is 0 Å². The zero-order valence-electron chi connectivity index (χ0n) is 11.4. The van der Waals surface area contributed by atoms with Crippen LogP contribution in [0.4, 0.5) is 0 Å². The van der Waals surface area contributed by atoms with Crippen LogP contribution >= 0.6 is 0 Å². The molecule has 2 heteroatoms. The number of nitrogens with one attached hydrogen (secondary N) is 1. The van der Waals surface area contributed by atoms with E-state index in [-0.39, 0.29) is 6.10 Å². The van der Waals surface area contributed by atoms with Crippen LogP contribution in [-0.2, 0) is 0 Å². The highest BCUT2D eigenvalue weighted by Gasteiger charge is 2.59. The van der Waals surface area contributed by atoms with E-state index >= 15 is 0 Å². The molecular weight excluding hydrogens is 210 g/mol. The molecule has 1 heterocycles. The van der Waals surface area contributed by atoms with Gasteiger partial charge in [0.15, 0.2) is 0 Å². The summed E-state index contributed by atoms with van der Waals surface area (Å²) in [5, 5.41) is 13.9. The fraction of sp³-hybridized carbons (Fsp3) is 1.00. The van der Waals surface area contributed by atoms with Gasteiger partial charge >= 0.3 is 0 Å². The number of hydrogen-bond acceptors (Lipinski definition) is 2. The van der Waals surface area contributed by atoms with Gasteiger partial charge in [-0.25, -0.2) is 0 Å². The highest BCUT2D eigenvalue weighted by atomic mass is 16.3. The predicted molar refractivity (Wildman–Crippen MR) is 69.7 cm³/mol. The maximum absolute atomic E-state index is 10.3. The topological polar surface area (TPSA) is 32.3 Å². The minimum absolute atomic E-state index is 0.103. The van der Waals surface area contributed by atoms with Crippen LogP contribution in [0.25, 0.3) is 0 Å². The van der Waals surface area contributed by atoms with Crippen molar-refractivity contribution >= 4 is 0 Å². The first-order chi connectivity index (χ1) is 8.01. The van der Waals surface area contributed by atoms with Crippen LogP contribution in [0, 0.1) is 29.1 Å². The minimum atomic E-state index is -0.103. The smallest absolute Gasteiger partial charge is 0.0696 e. The molecule has 6 atom stereocenters. The number of rotatable bonds is 1. The first-order valence-corrected chi connectivity index (χ1v) is 7.43. The van der Waals surface area contributed by atoms with E-state index in [1.54, 1.807) is 0 Å². The molecule has 0 spiro atoms. The van der Waals surface area contributed by atoms with Gasteiger partial charge in [0.25, 0.3) is 0 Å².